The summed E-state index contributed by atoms with van der Waals surface area (Å²) >= 11 is 5.36. The molecule has 0 amide bonds. The number of unbranched alkanes of at least 4 members (excludes halogenated alkanes) is 1. The zero-order valence-corrected chi connectivity index (χ0v) is 13.5. The molecule has 0 saturated carbocycles. The molecule has 0 aliphatic heterocycles. The van der Waals surface area contributed by atoms with Crippen molar-refractivity contribution in [3.63, 3.8) is 0 Å². The Labute approximate surface area is 140 Å². The van der Waals surface area contributed by atoms with Crippen molar-refractivity contribution in [1.82, 2.24) is 0 Å². The zero-order chi connectivity index (χ0) is 16.7. The molecule has 2 aromatic rings. The van der Waals surface area contributed by atoms with Crippen molar-refractivity contribution in [3.8, 4) is 11.5 Å². The highest BCUT2D eigenvalue weighted by Gasteiger charge is 2.09. The quantitative estimate of drug-likeness (QED) is 0.325. The van der Waals surface area contributed by atoms with Gasteiger partial charge >= 0.3 is 5.97 Å². The molecule has 0 fully saturated rings. The van der Waals surface area contributed by atoms with Crippen LogP contribution in [0.15, 0.2) is 48.5 Å². The second-order valence-electron chi connectivity index (χ2n) is 4.91. The van der Waals surface area contributed by atoms with Crippen LogP contribution in [0.1, 0.15) is 40.5 Å². The molecule has 0 radical (unpaired) electrons. The summed E-state index contributed by atoms with van der Waals surface area (Å²) in [6.07, 6.45) is 2.06. The van der Waals surface area contributed by atoms with Gasteiger partial charge in [0.05, 0.1) is 12.2 Å². The summed E-state index contributed by atoms with van der Waals surface area (Å²) in [6, 6.07) is 12.8. The Balaban J connectivity index is 1.96. The highest BCUT2D eigenvalue weighted by Crippen LogP contribution is 2.17. The van der Waals surface area contributed by atoms with E-state index in [-0.39, 0.29) is 0 Å². The summed E-state index contributed by atoms with van der Waals surface area (Å²) < 4.78 is 10.8. The first-order valence-corrected chi connectivity index (χ1v) is 7.73. The lowest BCUT2D eigenvalue weighted by molar-refractivity contribution is 0.0734. The molecular formula is C18H17ClO4. The van der Waals surface area contributed by atoms with E-state index in [0.717, 1.165) is 18.6 Å². The maximum Gasteiger partial charge on any atom is 0.343 e. The van der Waals surface area contributed by atoms with E-state index < -0.39 is 11.2 Å². The lowest BCUT2D eigenvalue weighted by Gasteiger charge is -2.07. The van der Waals surface area contributed by atoms with Crippen LogP contribution in [0.4, 0.5) is 0 Å². The van der Waals surface area contributed by atoms with Crippen molar-refractivity contribution in [2.45, 2.75) is 19.8 Å². The number of benzene rings is 2. The molecule has 0 bridgehead atoms. The molecule has 23 heavy (non-hydrogen) atoms. The molecule has 0 atom stereocenters. The first-order chi connectivity index (χ1) is 11.1. The third-order valence-corrected chi connectivity index (χ3v) is 3.37. The standard InChI is InChI=1S/C18H17ClO4/c1-2-3-12-22-15-8-6-14(7-9-15)18(21)23-16-10-4-13(5-11-16)17(19)20/h4-11H,2-3,12H2,1H3. The minimum atomic E-state index is -0.554. The van der Waals surface area contributed by atoms with E-state index in [4.69, 9.17) is 21.1 Å². The summed E-state index contributed by atoms with van der Waals surface area (Å²) in [5.74, 6) is 0.593. The van der Waals surface area contributed by atoms with Crippen LogP contribution in [-0.2, 0) is 0 Å². The van der Waals surface area contributed by atoms with Gasteiger partial charge in [0.25, 0.3) is 5.24 Å². The molecule has 0 spiro atoms. The first-order valence-electron chi connectivity index (χ1n) is 7.35. The Kier molecular flexibility index (Phi) is 6.18. The lowest BCUT2D eigenvalue weighted by Crippen LogP contribution is -2.08. The maximum atomic E-state index is 12.0. The number of carbonyl (C=O) groups is 2. The molecule has 0 saturated heterocycles. The molecule has 0 heterocycles. The Bertz CT molecular complexity index is 662. The van der Waals surface area contributed by atoms with Gasteiger partial charge in [-0.25, -0.2) is 4.79 Å². The number of hydrogen-bond acceptors (Lipinski definition) is 4. The summed E-state index contributed by atoms with van der Waals surface area (Å²) in [6.45, 7) is 2.75. The van der Waals surface area contributed by atoms with Crippen LogP contribution in [0.5, 0.6) is 11.5 Å². The molecule has 5 heteroatoms. The Morgan fingerprint density at radius 3 is 2.04 bits per heavy atom. The maximum absolute atomic E-state index is 12.0. The topological polar surface area (TPSA) is 52.6 Å². The van der Waals surface area contributed by atoms with Crippen LogP contribution < -0.4 is 9.47 Å². The Hall–Kier alpha value is -2.33. The van der Waals surface area contributed by atoms with E-state index in [1.807, 2.05) is 0 Å². The zero-order valence-electron chi connectivity index (χ0n) is 12.8. The average molecular weight is 333 g/mol. The van der Waals surface area contributed by atoms with Crippen LogP contribution >= 0.6 is 11.6 Å². The van der Waals surface area contributed by atoms with Gasteiger partial charge in [-0.2, -0.15) is 0 Å². The fourth-order valence-corrected chi connectivity index (χ4v) is 1.97. The number of hydrogen-bond donors (Lipinski definition) is 0. The van der Waals surface area contributed by atoms with Crippen molar-refractivity contribution >= 4 is 22.8 Å². The number of esters is 1. The molecule has 2 aromatic carbocycles. The van der Waals surface area contributed by atoms with Crippen LogP contribution in [0.25, 0.3) is 0 Å². The highest BCUT2D eigenvalue weighted by molar-refractivity contribution is 6.67. The van der Waals surface area contributed by atoms with E-state index in [1.165, 1.54) is 24.3 Å². The van der Waals surface area contributed by atoms with Gasteiger partial charge in [0.2, 0.25) is 0 Å². The Morgan fingerprint density at radius 2 is 1.48 bits per heavy atom. The SMILES string of the molecule is CCCCOc1ccc(C(=O)Oc2ccc(C(=O)Cl)cc2)cc1. The van der Waals surface area contributed by atoms with Crippen molar-refractivity contribution in [2.24, 2.45) is 0 Å². The van der Waals surface area contributed by atoms with Crippen LogP contribution in [0.3, 0.4) is 0 Å². The van der Waals surface area contributed by atoms with Gasteiger partial charge in [-0.05, 0) is 66.6 Å². The monoisotopic (exact) mass is 332 g/mol. The van der Waals surface area contributed by atoms with Crippen molar-refractivity contribution < 1.29 is 19.1 Å². The second-order valence-corrected chi connectivity index (χ2v) is 5.26. The normalized spacial score (nSPS) is 10.2. The summed E-state index contributed by atoms with van der Waals surface area (Å²) in [7, 11) is 0. The van der Waals surface area contributed by atoms with E-state index in [1.54, 1.807) is 24.3 Å². The fourth-order valence-electron chi connectivity index (χ4n) is 1.84. The third kappa shape index (κ3) is 5.11. The summed E-state index contributed by atoms with van der Waals surface area (Å²) in [5.41, 5.74) is 0.769. The van der Waals surface area contributed by atoms with Gasteiger partial charge in [0.1, 0.15) is 11.5 Å². The molecule has 4 nitrogen and oxygen atoms in total. The highest BCUT2D eigenvalue weighted by atomic mass is 35.5. The van der Waals surface area contributed by atoms with E-state index in [9.17, 15) is 9.59 Å². The lowest BCUT2D eigenvalue weighted by atomic mass is 10.2. The molecule has 0 aliphatic carbocycles. The summed E-state index contributed by atoms with van der Waals surface area (Å²) in [4.78, 5) is 23.0. The number of carbonyl (C=O) groups excluding carboxylic acids is 2. The summed E-state index contributed by atoms with van der Waals surface area (Å²) in [5, 5.41) is -0.554. The van der Waals surface area contributed by atoms with Gasteiger partial charge in [-0.15, -0.1) is 0 Å². The van der Waals surface area contributed by atoms with Gasteiger partial charge in [-0.3, -0.25) is 4.79 Å². The molecule has 2 rings (SSSR count). The van der Waals surface area contributed by atoms with Gasteiger partial charge < -0.3 is 9.47 Å². The first kappa shape index (κ1) is 17.0. The largest absolute Gasteiger partial charge is 0.494 e. The predicted molar refractivity (Wildman–Crippen MR) is 88.4 cm³/mol. The van der Waals surface area contributed by atoms with E-state index in [2.05, 4.69) is 6.92 Å². The third-order valence-electron chi connectivity index (χ3n) is 3.15. The smallest absolute Gasteiger partial charge is 0.343 e. The van der Waals surface area contributed by atoms with Crippen LogP contribution in [-0.4, -0.2) is 17.8 Å². The van der Waals surface area contributed by atoms with E-state index >= 15 is 0 Å². The minimum Gasteiger partial charge on any atom is -0.494 e. The molecule has 0 aromatic heterocycles. The average Bonchev–Trinajstić information content (AvgIpc) is 2.56. The molecule has 0 aliphatic rings. The molecule has 0 unspecified atom stereocenters. The molecule has 120 valence electrons. The van der Waals surface area contributed by atoms with Crippen molar-refractivity contribution in [1.29, 1.82) is 0 Å². The van der Waals surface area contributed by atoms with Crippen LogP contribution in [0.2, 0.25) is 0 Å². The Morgan fingerprint density at radius 1 is 0.913 bits per heavy atom. The van der Waals surface area contributed by atoms with Gasteiger partial charge in [0, 0.05) is 5.56 Å². The molecule has 0 N–H and O–H groups in total. The van der Waals surface area contributed by atoms with Gasteiger partial charge in [0.15, 0.2) is 0 Å². The van der Waals surface area contributed by atoms with E-state index in [0.29, 0.717) is 23.5 Å². The second kappa shape index (κ2) is 8.34. The number of rotatable bonds is 7. The number of ether oxygens (including phenoxy) is 2. The number of halogens is 1. The predicted octanol–water partition coefficient (Wildman–Crippen LogP) is 4.46. The molecular weight excluding hydrogens is 316 g/mol. The van der Waals surface area contributed by atoms with Crippen molar-refractivity contribution in [3.05, 3.63) is 59.7 Å². The minimum absolute atomic E-state index is 0.347. The van der Waals surface area contributed by atoms with Crippen LogP contribution in [0, 0.1) is 0 Å². The fraction of sp³-hybridized carbons (Fsp3) is 0.222. The van der Waals surface area contributed by atoms with Crippen molar-refractivity contribution in [2.75, 3.05) is 6.61 Å². The van der Waals surface area contributed by atoms with Gasteiger partial charge in [-0.1, -0.05) is 13.3 Å².